The number of aliphatic imine (C=N–C) groups is 1. The largest absolute Gasteiger partial charge is 0.356 e. The van der Waals surface area contributed by atoms with Gasteiger partial charge in [-0.05, 0) is 52.2 Å². The first-order valence-corrected chi connectivity index (χ1v) is 11.1. The SMILES string of the molecule is CCNC(=NCCNC(C)(C)C)N1CC(CCN2CCCC2=O)c2ccccc21.I. The number of hydrogen-bond acceptors (Lipinski definition) is 3. The number of carbonyl (C=O) groups is 1. The molecule has 0 aliphatic carbocycles. The zero-order valence-corrected chi connectivity index (χ0v) is 21.2. The van der Waals surface area contributed by atoms with Crippen molar-refractivity contribution < 1.29 is 4.79 Å². The molecular weight excluding hydrogens is 489 g/mol. The molecule has 30 heavy (non-hydrogen) atoms. The van der Waals surface area contributed by atoms with Crippen LogP contribution in [0.25, 0.3) is 0 Å². The smallest absolute Gasteiger partial charge is 0.222 e. The van der Waals surface area contributed by atoms with Crippen LogP contribution in [-0.4, -0.2) is 61.6 Å². The highest BCUT2D eigenvalue weighted by Gasteiger charge is 2.32. The lowest BCUT2D eigenvalue weighted by molar-refractivity contribution is -0.127. The van der Waals surface area contributed by atoms with Gasteiger partial charge in [0.15, 0.2) is 5.96 Å². The van der Waals surface area contributed by atoms with Crippen molar-refractivity contribution in [3.8, 4) is 0 Å². The summed E-state index contributed by atoms with van der Waals surface area (Å²) in [5.74, 6) is 1.70. The minimum atomic E-state index is 0. The van der Waals surface area contributed by atoms with E-state index in [2.05, 4.69) is 67.5 Å². The van der Waals surface area contributed by atoms with Gasteiger partial charge in [0.2, 0.25) is 5.91 Å². The Balaban J connectivity index is 0.00000320. The Hall–Kier alpha value is -1.35. The molecule has 1 aromatic rings. The summed E-state index contributed by atoms with van der Waals surface area (Å²) in [6.07, 6.45) is 2.73. The molecule has 6 nitrogen and oxygen atoms in total. The normalized spacial score (nSPS) is 19.1. The second-order valence-electron chi connectivity index (χ2n) is 9.05. The van der Waals surface area contributed by atoms with Crippen LogP contribution in [0, 0.1) is 0 Å². The van der Waals surface area contributed by atoms with Crippen LogP contribution in [0.15, 0.2) is 29.3 Å². The summed E-state index contributed by atoms with van der Waals surface area (Å²) in [6.45, 7) is 13.8. The van der Waals surface area contributed by atoms with E-state index in [1.807, 2.05) is 4.90 Å². The van der Waals surface area contributed by atoms with Crippen LogP contribution in [0.3, 0.4) is 0 Å². The average molecular weight is 527 g/mol. The van der Waals surface area contributed by atoms with E-state index in [1.54, 1.807) is 0 Å². The molecule has 2 N–H and O–H groups in total. The number of nitrogens with zero attached hydrogens (tertiary/aromatic N) is 3. The molecule has 1 fully saturated rings. The molecule has 2 aliphatic rings. The fraction of sp³-hybridized carbons (Fsp3) is 0.652. The molecule has 0 aromatic heterocycles. The number of likely N-dealkylation sites (tertiary alicyclic amines) is 1. The fourth-order valence-corrected chi connectivity index (χ4v) is 4.18. The Morgan fingerprint density at radius 2 is 2.03 bits per heavy atom. The fourth-order valence-electron chi connectivity index (χ4n) is 4.18. The van der Waals surface area contributed by atoms with Crippen LogP contribution in [0.4, 0.5) is 5.69 Å². The number of halogens is 1. The standard InChI is InChI=1S/C23H37N5O.HI/c1-5-24-22(25-13-14-26-23(2,3)4)28-17-18(19-9-6-7-10-20(19)28)12-16-27-15-8-11-21(27)29;/h6-7,9-10,18,26H,5,8,11-17H2,1-4H3,(H,24,25);1H. The molecule has 1 unspecified atom stereocenters. The van der Waals surface area contributed by atoms with Gasteiger partial charge in [0.1, 0.15) is 0 Å². The molecule has 1 saturated heterocycles. The molecule has 3 rings (SSSR count). The zero-order chi connectivity index (χ0) is 20.9. The van der Waals surface area contributed by atoms with Crippen molar-refractivity contribution in [1.29, 1.82) is 0 Å². The van der Waals surface area contributed by atoms with Crippen LogP contribution in [-0.2, 0) is 4.79 Å². The molecule has 1 amide bonds. The Bertz CT molecular complexity index is 731. The first-order chi connectivity index (χ1) is 13.9. The van der Waals surface area contributed by atoms with Crippen molar-refractivity contribution in [2.75, 3.05) is 44.2 Å². The molecule has 1 atom stereocenters. The minimum absolute atomic E-state index is 0. The molecular formula is C23H38IN5O. The van der Waals surface area contributed by atoms with Crippen LogP contribution in [0.1, 0.15) is 58.4 Å². The topological polar surface area (TPSA) is 60.0 Å². The number of anilines is 1. The van der Waals surface area contributed by atoms with Gasteiger partial charge in [-0.3, -0.25) is 9.79 Å². The van der Waals surface area contributed by atoms with Gasteiger partial charge in [0.05, 0.1) is 6.54 Å². The number of fused-ring (bicyclic) bond motifs is 1. The van der Waals surface area contributed by atoms with Gasteiger partial charge in [0.25, 0.3) is 0 Å². The third-order valence-corrected chi connectivity index (χ3v) is 5.61. The zero-order valence-electron chi connectivity index (χ0n) is 18.9. The van der Waals surface area contributed by atoms with E-state index in [0.29, 0.717) is 18.2 Å². The molecule has 0 radical (unpaired) electrons. The molecule has 0 bridgehead atoms. The van der Waals surface area contributed by atoms with Crippen LogP contribution in [0.2, 0.25) is 0 Å². The number of hydrogen-bond donors (Lipinski definition) is 2. The lowest BCUT2D eigenvalue weighted by Gasteiger charge is -2.24. The van der Waals surface area contributed by atoms with Crippen LogP contribution in [0.5, 0.6) is 0 Å². The predicted molar refractivity (Wildman–Crippen MR) is 136 cm³/mol. The van der Waals surface area contributed by atoms with Crippen molar-refractivity contribution in [2.45, 2.75) is 58.4 Å². The van der Waals surface area contributed by atoms with Crippen molar-refractivity contribution in [3.05, 3.63) is 29.8 Å². The maximum absolute atomic E-state index is 12.0. The molecule has 0 spiro atoms. The van der Waals surface area contributed by atoms with E-state index in [-0.39, 0.29) is 29.5 Å². The highest BCUT2D eigenvalue weighted by molar-refractivity contribution is 14.0. The van der Waals surface area contributed by atoms with Crippen molar-refractivity contribution in [2.24, 2.45) is 4.99 Å². The van der Waals surface area contributed by atoms with Gasteiger partial charge >= 0.3 is 0 Å². The van der Waals surface area contributed by atoms with Gasteiger partial charge in [-0.2, -0.15) is 0 Å². The Kier molecular flexibility index (Phi) is 9.40. The predicted octanol–water partition coefficient (Wildman–Crippen LogP) is 3.57. The maximum atomic E-state index is 12.0. The lowest BCUT2D eigenvalue weighted by Crippen LogP contribution is -2.42. The third kappa shape index (κ3) is 6.57. The molecule has 2 heterocycles. The Morgan fingerprint density at radius 3 is 2.70 bits per heavy atom. The first kappa shape index (κ1) is 24.9. The molecule has 1 aromatic carbocycles. The van der Waals surface area contributed by atoms with E-state index < -0.39 is 0 Å². The van der Waals surface area contributed by atoms with E-state index in [1.165, 1.54) is 11.3 Å². The van der Waals surface area contributed by atoms with Gasteiger partial charge < -0.3 is 20.4 Å². The number of nitrogens with one attached hydrogen (secondary N) is 2. The van der Waals surface area contributed by atoms with Crippen LogP contribution >= 0.6 is 24.0 Å². The van der Waals surface area contributed by atoms with Gasteiger partial charge in [-0.1, -0.05) is 18.2 Å². The van der Waals surface area contributed by atoms with E-state index in [4.69, 9.17) is 4.99 Å². The molecule has 168 valence electrons. The highest BCUT2D eigenvalue weighted by atomic mass is 127. The number of para-hydroxylation sites is 1. The Labute approximate surface area is 198 Å². The lowest BCUT2D eigenvalue weighted by atomic mass is 9.98. The van der Waals surface area contributed by atoms with E-state index in [9.17, 15) is 4.79 Å². The highest BCUT2D eigenvalue weighted by Crippen LogP contribution is 2.38. The van der Waals surface area contributed by atoms with Crippen molar-refractivity contribution in [1.82, 2.24) is 15.5 Å². The number of guanidine groups is 1. The molecule has 7 heteroatoms. The quantitative estimate of drug-likeness (QED) is 0.247. The summed E-state index contributed by atoms with van der Waals surface area (Å²) in [7, 11) is 0. The third-order valence-electron chi connectivity index (χ3n) is 5.61. The number of rotatable bonds is 7. The van der Waals surface area contributed by atoms with Crippen molar-refractivity contribution >= 4 is 41.5 Å². The molecule has 2 aliphatic heterocycles. The summed E-state index contributed by atoms with van der Waals surface area (Å²) in [6, 6.07) is 8.64. The van der Waals surface area contributed by atoms with Crippen molar-refractivity contribution in [3.63, 3.8) is 0 Å². The minimum Gasteiger partial charge on any atom is -0.356 e. The number of amides is 1. The average Bonchev–Trinajstić information content (AvgIpc) is 3.25. The van der Waals surface area contributed by atoms with Gasteiger partial charge in [0, 0.05) is 56.3 Å². The van der Waals surface area contributed by atoms with E-state index >= 15 is 0 Å². The molecule has 0 saturated carbocycles. The Morgan fingerprint density at radius 1 is 1.27 bits per heavy atom. The van der Waals surface area contributed by atoms with Gasteiger partial charge in [-0.15, -0.1) is 24.0 Å². The number of benzene rings is 1. The second-order valence-corrected chi connectivity index (χ2v) is 9.05. The summed E-state index contributed by atoms with van der Waals surface area (Å²) in [4.78, 5) is 21.2. The summed E-state index contributed by atoms with van der Waals surface area (Å²) in [5, 5.41) is 6.97. The first-order valence-electron chi connectivity index (χ1n) is 11.1. The summed E-state index contributed by atoms with van der Waals surface area (Å²) >= 11 is 0. The van der Waals surface area contributed by atoms with E-state index in [0.717, 1.165) is 58.1 Å². The summed E-state index contributed by atoms with van der Waals surface area (Å²) < 4.78 is 0. The monoisotopic (exact) mass is 527 g/mol. The second kappa shape index (κ2) is 11.3. The number of carbonyl (C=O) groups excluding carboxylic acids is 1. The summed E-state index contributed by atoms with van der Waals surface area (Å²) in [5.41, 5.74) is 2.72. The van der Waals surface area contributed by atoms with Gasteiger partial charge in [-0.25, -0.2) is 0 Å². The van der Waals surface area contributed by atoms with Crippen LogP contribution < -0.4 is 15.5 Å². The maximum Gasteiger partial charge on any atom is 0.222 e.